The molecule has 21 heavy (non-hydrogen) atoms. The Labute approximate surface area is 133 Å². The van der Waals surface area contributed by atoms with Gasteiger partial charge in [-0.25, -0.2) is 0 Å². The van der Waals surface area contributed by atoms with Crippen LogP contribution in [0.25, 0.3) is 0 Å². The summed E-state index contributed by atoms with van der Waals surface area (Å²) in [7, 11) is 0. The van der Waals surface area contributed by atoms with Crippen molar-refractivity contribution < 1.29 is 9.47 Å². The van der Waals surface area contributed by atoms with Crippen LogP contribution in [0.3, 0.4) is 0 Å². The Morgan fingerprint density at radius 2 is 1.95 bits per heavy atom. The minimum absolute atomic E-state index is 0.725. The molecular formula is C16H18ClNO2S. The Balaban J connectivity index is 1.50. The van der Waals surface area contributed by atoms with Gasteiger partial charge in [-0.2, -0.15) is 0 Å². The number of halogens is 1. The molecule has 0 spiro atoms. The van der Waals surface area contributed by atoms with Crippen LogP contribution in [0.1, 0.15) is 16.9 Å². The van der Waals surface area contributed by atoms with Gasteiger partial charge in [-0.1, -0.05) is 17.7 Å². The lowest BCUT2D eigenvalue weighted by Gasteiger charge is -2.10. The summed E-state index contributed by atoms with van der Waals surface area (Å²) in [6.45, 7) is 3.22. The summed E-state index contributed by atoms with van der Waals surface area (Å²) >= 11 is 7.57. The van der Waals surface area contributed by atoms with Crippen molar-refractivity contribution in [2.45, 2.75) is 19.4 Å². The molecule has 0 unspecified atom stereocenters. The first kappa shape index (κ1) is 14.7. The van der Waals surface area contributed by atoms with Gasteiger partial charge >= 0.3 is 0 Å². The zero-order valence-corrected chi connectivity index (χ0v) is 13.3. The molecule has 3 nitrogen and oxygen atoms in total. The van der Waals surface area contributed by atoms with Gasteiger partial charge in [-0.3, -0.25) is 0 Å². The largest absolute Gasteiger partial charge is 0.490 e. The van der Waals surface area contributed by atoms with E-state index in [9.17, 15) is 0 Å². The van der Waals surface area contributed by atoms with E-state index in [0.717, 1.165) is 55.0 Å². The Morgan fingerprint density at radius 3 is 2.76 bits per heavy atom. The van der Waals surface area contributed by atoms with Crippen LogP contribution in [-0.4, -0.2) is 19.8 Å². The highest BCUT2D eigenvalue weighted by Gasteiger charge is 2.10. The molecule has 2 heterocycles. The standard InChI is InChI=1S/C16H18ClNO2S/c17-16-5-3-13(21-16)6-7-18-11-12-2-4-14-15(10-12)20-9-1-8-19-14/h2-5,10,18H,1,6-9,11H2. The summed E-state index contributed by atoms with van der Waals surface area (Å²) in [6.07, 6.45) is 1.94. The third-order valence-corrected chi connectivity index (χ3v) is 4.61. The highest BCUT2D eigenvalue weighted by Crippen LogP contribution is 2.30. The minimum atomic E-state index is 0.725. The maximum Gasteiger partial charge on any atom is 0.161 e. The third kappa shape index (κ3) is 4.13. The molecule has 5 heteroatoms. The summed E-state index contributed by atoms with van der Waals surface area (Å²) in [6, 6.07) is 10.2. The van der Waals surface area contributed by atoms with Gasteiger partial charge in [0.15, 0.2) is 11.5 Å². The topological polar surface area (TPSA) is 30.5 Å². The molecule has 0 saturated carbocycles. The Kier molecular flexibility index (Phi) is 5.01. The second-order valence-corrected chi connectivity index (χ2v) is 6.76. The van der Waals surface area contributed by atoms with Crippen LogP contribution in [0, 0.1) is 0 Å². The highest BCUT2D eigenvalue weighted by molar-refractivity contribution is 7.16. The van der Waals surface area contributed by atoms with Gasteiger partial charge in [0.1, 0.15) is 0 Å². The summed E-state index contributed by atoms with van der Waals surface area (Å²) in [4.78, 5) is 1.31. The maximum atomic E-state index is 5.92. The SMILES string of the molecule is Clc1ccc(CCNCc2ccc3c(c2)OCCCO3)s1. The lowest BCUT2D eigenvalue weighted by atomic mass is 10.2. The van der Waals surface area contributed by atoms with Gasteiger partial charge in [0.25, 0.3) is 0 Å². The number of benzene rings is 1. The third-order valence-electron chi connectivity index (χ3n) is 3.32. The molecule has 0 aliphatic carbocycles. The quantitative estimate of drug-likeness (QED) is 0.847. The van der Waals surface area contributed by atoms with Crippen molar-refractivity contribution in [2.75, 3.05) is 19.8 Å². The molecule has 0 amide bonds. The molecule has 0 atom stereocenters. The van der Waals surface area contributed by atoms with E-state index in [2.05, 4.69) is 23.5 Å². The fraction of sp³-hybridized carbons (Fsp3) is 0.375. The average Bonchev–Trinajstić information content (AvgIpc) is 2.76. The highest BCUT2D eigenvalue weighted by atomic mass is 35.5. The molecule has 0 radical (unpaired) electrons. The Morgan fingerprint density at radius 1 is 1.10 bits per heavy atom. The Bertz CT molecular complexity index is 600. The van der Waals surface area contributed by atoms with E-state index in [-0.39, 0.29) is 0 Å². The van der Waals surface area contributed by atoms with E-state index in [1.807, 2.05) is 12.1 Å². The first-order valence-electron chi connectivity index (χ1n) is 7.15. The van der Waals surface area contributed by atoms with Crippen LogP contribution < -0.4 is 14.8 Å². The lowest BCUT2D eigenvalue weighted by Crippen LogP contribution is -2.16. The van der Waals surface area contributed by atoms with Crippen molar-refractivity contribution >= 4 is 22.9 Å². The summed E-state index contributed by atoms with van der Waals surface area (Å²) < 4.78 is 12.2. The predicted octanol–water partition coefficient (Wildman–Crippen LogP) is 3.90. The number of ether oxygens (including phenoxy) is 2. The summed E-state index contributed by atoms with van der Waals surface area (Å²) in [5.41, 5.74) is 1.21. The summed E-state index contributed by atoms with van der Waals surface area (Å²) in [5.74, 6) is 1.71. The van der Waals surface area contributed by atoms with Crippen LogP contribution >= 0.6 is 22.9 Å². The number of rotatable bonds is 5. The van der Waals surface area contributed by atoms with Crippen molar-refractivity contribution in [3.05, 3.63) is 45.1 Å². The van der Waals surface area contributed by atoms with Gasteiger partial charge in [-0.15, -0.1) is 11.3 Å². The average molecular weight is 324 g/mol. The van der Waals surface area contributed by atoms with Crippen LogP contribution in [0.15, 0.2) is 30.3 Å². The molecule has 1 aliphatic heterocycles. The maximum absolute atomic E-state index is 5.92. The fourth-order valence-electron chi connectivity index (χ4n) is 2.25. The van der Waals surface area contributed by atoms with E-state index in [0.29, 0.717) is 0 Å². The van der Waals surface area contributed by atoms with Gasteiger partial charge in [0.2, 0.25) is 0 Å². The van der Waals surface area contributed by atoms with Crippen LogP contribution in [0.5, 0.6) is 11.5 Å². The molecular weight excluding hydrogens is 306 g/mol. The summed E-state index contributed by atoms with van der Waals surface area (Å²) in [5, 5.41) is 3.45. The van der Waals surface area contributed by atoms with Crippen LogP contribution in [0.2, 0.25) is 4.34 Å². The van der Waals surface area contributed by atoms with E-state index in [1.165, 1.54) is 10.4 Å². The predicted molar refractivity (Wildman–Crippen MR) is 86.8 cm³/mol. The van der Waals surface area contributed by atoms with Crippen molar-refractivity contribution in [3.8, 4) is 11.5 Å². The van der Waals surface area contributed by atoms with Crippen LogP contribution in [-0.2, 0) is 13.0 Å². The zero-order valence-electron chi connectivity index (χ0n) is 11.7. The van der Waals surface area contributed by atoms with E-state index in [4.69, 9.17) is 21.1 Å². The van der Waals surface area contributed by atoms with Crippen molar-refractivity contribution in [2.24, 2.45) is 0 Å². The smallest absolute Gasteiger partial charge is 0.161 e. The van der Waals surface area contributed by atoms with E-state index < -0.39 is 0 Å². The molecule has 0 saturated heterocycles. The molecule has 2 aromatic rings. The zero-order chi connectivity index (χ0) is 14.5. The number of hydrogen-bond donors (Lipinski definition) is 1. The molecule has 1 aliphatic rings. The first-order valence-corrected chi connectivity index (χ1v) is 8.34. The second kappa shape index (κ2) is 7.16. The number of hydrogen-bond acceptors (Lipinski definition) is 4. The molecule has 112 valence electrons. The minimum Gasteiger partial charge on any atom is -0.490 e. The first-order chi connectivity index (χ1) is 10.3. The molecule has 0 fully saturated rings. The van der Waals surface area contributed by atoms with Crippen molar-refractivity contribution in [1.29, 1.82) is 0 Å². The van der Waals surface area contributed by atoms with Gasteiger partial charge in [0, 0.05) is 24.4 Å². The molecule has 1 N–H and O–H groups in total. The fourth-order valence-corrected chi connectivity index (χ4v) is 3.34. The van der Waals surface area contributed by atoms with Crippen LogP contribution in [0.4, 0.5) is 0 Å². The van der Waals surface area contributed by atoms with E-state index in [1.54, 1.807) is 11.3 Å². The number of nitrogens with one attached hydrogen (secondary N) is 1. The van der Waals surface area contributed by atoms with Gasteiger partial charge < -0.3 is 14.8 Å². The van der Waals surface area contributed by atoms with Gasteiger partial charge in [0.05, 0.1) is 17.6 Å². The second-order valence-electron chi connectivity index (χ2n) is 4.96. The normalized spacial score (nSPS) is 14.0. The number of thiophene rings is 1. The molecule has 1 aromatic carbocycles. The monoisotopic (exact) mass is 323 g/mol. The van der Waals surface area contributed by atoms with Gasteiger partial charge in [-0.05, 0) is 36.2 Å². The number of fused-ring (bicyclic) bond motifs is 1. The molecule has 3 rings (SSSR count). The van der Waals surface area contributed by atoms with E-state index >= 15 is 0 Å². The van der Waals surface area contributed by atoms with Crippen molar-refractivity contribution in [1.82, 2.24) is 5.32 Å². The molecule has 1 aromatic heterocycles. The van der Waals surface area contributed by atoms with Crippen molar-refractivity contribution in [3.63, 3.8) is 0 Å². The molecule has 0 bridgehead atoms. The Hall–Kier alpha value is -1.23. The lowest BCUT2D eigenvalue weighted by molar-refractivity contribution is 0.297.